The Bertz CT molecular complexity index is 668. The van der Waals surface area contributed by atoms with Crippen molar-refractivity contribution in [3.05, 3.63) is 34.6 Å². The number of nitrogens with zero attached hydrogens (tertiary/aromatic N) is 2. The Morgan fingerprint density at radius 3 is 2.60 bits per heavy atom. The molecule has 1 aliphatic heterocycles. The molecule has 1 heterocycles. The number of guanidine groups is 1. The highest BCUT2D eigenvalue weighted by Crippen LogP contribution is 2.31. The summed E-state index contributed by atoms with van der Waals surface area (Å²) in [4.78, 5) is 7.17. The predicted octanol–water partition coefficient (Wildman–Crippen LogP) is 4.86. The summed E-state index contributed by atoms with van der Waals surface area (Å²) in [5.41, 5.74) is 0.608. The highest BCUT2D eigenvalue weighted by molar-refractivity contribution is 14.0. The largest absolute Gasteiger partial charge is 0.385 e. The van der Waals surface area contributed by atoms with E-state index in [9.17, 15) is 4.39 Å². The number of methoxy groups -OCH3 is 1. The minimum atomic E-state index is -0.321. The van der Waals surface area contributed by atoms with Gasteiger partial charge in [0.1, 0.15) is 5.82 Å². The summed E-state index contributed by atoms with van der Waals surface area (Å²) >= 11 is 6.28. The highest BCUT2D eigenvalue weighted by Gasteiger charge is 2.26. The van der Waals surface area contributed by atoms with Crippen molar-refractivity contribution in [1.29, 1.82) is 0 Å². The van der Waals surface area contributed by atoms with E-state index in [-0.39, 0.29) is 35.2 Å². The molecule has 0 bridgehead atoms. The molecule has 172 valence electrons. The summed E-state index contributed by atoms with van der Waals surface area (Å²) in [6.45, 7) is 10.9. The van der Waals surface area contributed by atoms with Crippen molar-refractivity contribution < 1.29 is 13.9 Å². The Morgan fingerprint density at radius 2 is 2.00 bits per heavy atom. The third kappa shape index (κ3) is 8.48. The molecule has 1 aromatic rings. The van der Waals surface area contributed by atoms with E-state index in [0.29, 0.717) is 17.7 Å². The zero-order chi connectivity index (χ0) is 21.3. The molecular weight excluding hydrogens is 520 g/mol. The van der Waals surface area contributed by atoms with Crippen LogP contribution in [0.4, 0.5) is 4.39 Å². The van der Waals surface area contributed by atoms with E-state index in [2.05, 4.69) is 31.0 Å². The fourth-order valence-electron chi connectivity index (χ4n) is 3.51. The first-order valence-electron chi connectivity index (χ1n) is 10.5. The van der Waals surface area contributed by atoms with Crippen LogP contribution in [-0.2, 0) is 14.9 Å². The molecule has 8 heteroatoms. The van der Waals surface area contributed by atoms with Crippen molar-refractivity contribution in [2.45, 2.75) is 51.6 Å². The van der Waals surface area contributed by atoms with Crippen LogP contribution < -0.4 is 5.32 Å². The van der Waals surface area contributed by atoms with Gasteiger partial charge in [-0.1, -0.05) is 31.5 Å². The highest BCUT2D eigenvalue weighted by atomic mass is 127. The number of hydrogen-bond donors (Lipinski definition) is 1. The average molecular weight is 556 g/mol. The Morgan fingerprint density at radius 1 is 1.30 bits per heavy atom. The van der Waals surface area contributed by atoms with Gasteiger partial charge in [-0.15, -0.1) is 24.0 Å². The maximum Gasteiger partial charge on any atom is 0.193 e. The van der Waals surface area contributed by atoms with E-state index in [1.807, 2.05) is 0 Å². The molecule has 1 N–H and O–H groups in total. The lowest BCUT2D eigenvalue weighted by Gasteiger charge is -2.35. The molecule has 0 saturated carbocycles. The standard InChI is InChI=1S/C22H35ClFN3O2.HI/c1-5-25-21(27-11-9-18(10-12-27)29-14-6-13-28-4)26-16-22(2,3)19-8-7-17(24)15-20(19)23;/h7-8,15,18H,5-6,9-14,16H2,1-4H3,(H,25,26);1H. The van der Waals surface area contributed by atoms with Crippen LogP contribution in [0, 0.1) is 5.82 Å². The molecule has 0 atom stereocenters. The number of aliphatic imine (C=N–C) groups is 1. The molecule has 0 spiro atoms. The fraction of sp³-hybridized carbons (Fsp3) is 0.682. The van der Waals surface area contributed by atoms with Crippen molar-refractivity contribution in [3.8, 4) is 0 Å². The predicted molar refractivity (Wildman–Crippen MR) is 133 cm³/mol. The van der Waals surface area contributed by atoms with Crippen molar-refractivity contribution in [3.63, 3.8) is 0 Å². The van der Waals surface area contributed by atoms with Crippen LogP contribution in [0.25, 0.3) is 0 Å². The zero-order valence-electron chi connectivity index (χ0n) is 18.5. The normalized spacial score (nSPS) is 15.8. The molecule has 0 aliphatic carbocycles. The number of hydrogen-bond acceptors (Lipinski definition) is 3. The van der Waals surface area contributed by atoms with Gasteiger partial charge in [-0.3, -0.25) is 4.99 Å². The van der Waals surface area contributed by atoms with Gasteiger partial charge < -0.3 is 19.7 Å². The average Bonchev–Trinajstić information content (AvgIpc) is 2.69. The van der Waals surface area contributed by atoms with Gasteiger partial charge in [0.05, 0.1) is 12.6 Å². The first kappa shape index (κ1) is 27.4. The van der Waals surface area contributed by atoms with E-state index in [4.69, 9.17) is 26.1 Å². The fourth-order valence-corrected chi connectivity index (χ4v) is 3.93. The number of rotatable bonds is 9. The van der Waals surface area contributed by atoms with Crippen LogP contribution in [0.15, 0.2) is 23.2 Å². The maximum absolute atomic E-state index is 13.4. The van der Waals surface area contributed by atoms with Gasteiger partial charge in [0.2, 0.25) is 0 Å². The third-order valence-electron chi connectivity index (χ3n) is 5.21. The summed E-state index contributed by atoms with van der Waals surface area (Å²) in [6, 6.07) is 4.58. The molecule has 1 fully saturated rings. The summed E-state index contributed by atoms with van der Waals surface area (Å²) in [5, 5.41) is 3.85. The van der Waals surface area contributed by atoms with Gasteiger partial charge in [0.15, 0.2) is 5.96 Å². The van der Waals surface area contributed by atoms with E-state index in [1.54, 1.807) is 13.2 Å². The lowest BCUT2D eigenvalue weighted by Crippen LogP contribution is -2.47. The first-order valence-corrected chi connectivity index (χ1v) is 10.8. The second kappa shape index (κ2) is 13.7. The molecule has 2 rings (SSSR count). The molecule has 5 nitrogen and oxygen atoms in total. The third-order valence-corrected chi connectivity index (χ3v) is 5.52. The number of ether oxygens (including phenoxy) is 2. The number of benzene rings is 1. The number of halogens is 3. The molecule has 0 radical (unpaired) electrons. The van der Waals surface area contributed by atoms with Crippen LogP contribution in [-0.4, -0.2) is 63.5 Å². The first-order chi connectivity index (χ1) is 13.9. The summed E-state index contributed by atoms with van der Waals surface area (Å²) in [6.07, 6.45) is 3.22. The Balaban J connectivity index is 0.00000450. The molecule has 0 unspecified atom stereocenters. The smallest absolute Gasteiger partial charge is 0.193 e. The van der Waals surface area contributed by atoms with E-state index in [1.165, 1.54) is 12.1 Å². The van der Waals surface area contributed by atoms with Crippen molar-refractivity contribution in [1.82, 2.24) is 10.2 Å². The molecule has 1 saturated heterocycles. The summed E-state index contributed by atoms with van der Waals surface area (Å²) in [7, 11) is 1.71. The van der Waals surface area contributed by atoms with Crippen LogP contribution in [0.3, 0.4) is 0 Å². The van der Waals surface area contributed by atoms with Crippen LogP contribution in [0.5, 0.6) is 0 Å². The van der Waals surface area contributed by atoms with E-state index >= 15 is 0 Å². The van der Waals surface area contributed by atoms with E-state index in [0.717, 1.165) is 63.6 Å². The van der Waals surface area contributed by atoms with Crippen molar-refractivity contribution in [2.24, 2.45) is 4.99 Å². The van der Waals surface area contributed by atoms with Gasteiger partial charge in [0.25, 0.3) is 0 Å². The van der Waals surface area contributed by atoms with Crippen LogP contribution in [0.1, 0.15) is 45.6 Å². The maximum atomic E-state index is 13.4. The second-order valence-electron chi connectivity index (χ2n) is 8.08. The van der Waals surface area contributed by atoms with Gasteiger partial charge in [-0.2, -0.15) is 0 Å². The topological polar surface area (TPSA) is 46.1 Å². The van der Waals surface area contributed by atoms with Crippen LogP contribution in [0.2, 0.25) is 5.02 Å². The lowest BCUT2D eigenvalue weighted by molar-refractivity contribution is 0.00989. The SMILES string of the molecule is CCNC(=NCC(C)(C)c1ccc(F)cc1Cl)N1CCC(OCCCOC)CC1.I. The monoisotopic (exact) mass is 555 g/mol. The van der Waals surface area contributed by atoms with Gasteiger partial charge in [-0.05, 0) is 43.9 Å². The van der Waals surface area contributed by atoms with Crippen molar-refractivity contribution in [2.75, 3.05) is 46.5 Å². The number of nitrogens with one attached hydrogen (secondary N) is 1. The number of likely N-dealkylation sites (tertiary alicyclic amines) is 1. The lowest BCUT2D eigenvalue weighted by atomic mass is 9.84. The minimum Gasteiger partial charge on any atom is -0.385 e. The Hall–Kier alpha value is -0.640. The Labute approximate surface area is 202 Å². The molecule has 1 aliphatic rings. The zero-order valence-corrected chi connectivity index (χ0v) is 21.6. The molecule has 30 heavy (non-hydrogen) atoms. The van der Waals surface area contributed by atoms with Gasteiger partial charge in [-0.25, -0.2) is 4.39 Å². The second-order valence-corrected chi connectivity index (χ2v) is 8.49. The van der Waals surface area contributed by atoms with Crippen molar-refractivity contribution >= 4 is 41.5 Å². The summed E-state index contributed by atoms with van der Waals surface area (Å²) in [5.74, 6) is 0.593. The Kier molecular flexibility index (Phi) is 12.5. The number of piperidine rings is 1. The van der Waals surface area contributed by atoms with E-state index < -0.39 is 0 Å². The minimum absolute atomic E-state index is 0. The van der Waals surface area contributed by atoms with Gasteiger partial charge >= 0.3 is 0 Å². The van der Waals surface area contributed by atoms with Crippen LogP contribution >= 0.6 is 35.6 Å². The molecule has 0 aromatic heterocycles. The quantitative estimate of drug-likeness (QED) is 0.205. The summed E-state index contributed by atoms with van der Waals surface area (Å²) < 4.78 is 24.4. The van der Waals surface area contributed by atoms with Gasteiger partial charge in [0, 0.05) is 50.4 Å². The molecule has 0 amide bonds. The molecular formula is C22H36ClFIN3O2. The molecule has 1 aromatic carbocycles.